The fourth-order valence-electron chi connectivity index (χ4n) is 3.18. The molecule has 0 saturated heterocycles. The maximum atomic E-state index is 12.2. The van der Waals surface area contributed by atoms with Gasteiger partial charge in [0.15, 0.2) is 0 Å². The van der Waals surface area contributed by atoms with Gasteiger partial charge in [-0.25, -0.2) is 9.97 Å². The molecule has 0 unspecified atom stereocenters. The highest BCUT2D eigenvalue weighted by molar-refractivity contribution is 5.75. The normalized spacial score (nSPS) is 11.4. The molecule has 2 heterocycles. The summed E-state index contributed by atoms with van der Waals surface area (Å²) in [6, 6.07) is 12.7. The second-order valence-corrected chi connectivity index (χ2v) is 8.42. The number of aromatic nitrogens is 3. The standard InChI is InChI=1S/C24H30N4O/c1-24(2,3)21-10-8-19(9-11-21)6-4-5-7-23(29)27-17-20-12-13-26-22(16-20)28-15-14-25-18-28/h8-16,18H,4-7,17H2,1-3H3,(H,27,29). The Hall–Kier alpha value is -2.95. The molecular weight excluding hydrogens is 360 g/mol. The number of nitrogens with zero attached hydrogens (tertiary/aromatic N) is 3. The molecule has 0 spiro atoms. The van der Waals surface area contributed by atoms with E-state index in [-0.39, 0.29) is 11.3 Å². The Morgan fingerprint density at radius 1 is 1.03 bits per heavy atom. The van der Waals surface area contributed by atoms with Crippen LogP contribution in [-0.4, -0.2) is 20.4 Å². The molecule has 0 radical (unpaired) electrons. The maximum Gasteiger partial charge on any atom is 0.220 e. The first-order valence-electron chi connectivity index (χ1n) is 10.2. The second-order valence-electron chi connectivity index (χ2n) is 8.42. The third-order valence-electron chi connectivity index (χ3n) is 5.01. The molecule has 2 aromatic heterocycles. The topological polar surface area (TPSA) is 59.8 Å². The number of aryl methyl sites for hydroxylation is 1. The van der Waals surface area contributed by atoms with E-state index in [1.807, 2.05) is 22.9 Å². The van der Waals surface area contributed by atoms with Crippen LogP contribution >= 0.6 is 0 Å². The number of benzene rings is 1. The molecule has 1 N–H and O–H groups in total. The van der Waals surface area contributed by atoms with Gasteiger partial charge < -0.3 is 5.32 Å². The van der Waals surface area contributed by atoms with Gasteiger partial charge in [0.2, 0.25) is 5.91 Å². The first-order chi connectivity index (χ1) is 13.9. The Kier molecular flexibility index (Phi) is 6.81. The molecule has 0 aliphatic carbocycles. The van der Waals surface area contributed by atoms with Crippen molar-refractivity contribution < 1.29 is 4.79 Å². The summed E-state index contributed by atoms with van der Waals surface area (Å²) in [7, 11) is 0. The Bertz CT molecular complexity index is 909. The van der Waals surface area contributed by atoms with Crippen LogP contribution in [0.3, 0.4) is 0 Å². The van der Waals surface area contributed by atoms with E-state index in [9.17, 15) is 4.79 Å². The quantitative estimate of drug-likeness (QED) is 0.572. The molecule has 3 aromatic rings. The highest BCUT2D eigenvalue weighted by Gasteiger charge is 2.12. The van der Waals surface area contributed by atoms with Gasteiger partial charge in [-0.3, -0.25) is 9.36 Å². The van der Waals surface area contributed by atoms with Gasteiger partial charge in [-0.15, -0.1) is 0 Å². The van der Waals surface area contributed by atoms with Crippen molar-refractivity contribution in [2.24, 2.45) is 0 Å². The Balaban J connectivity index is 1.38. The minimum absolute atomic E-state index is 0.0917. The van der Waals surface area contributed by atoms with E-state index in [2.05, 4.69) is 60.3 Å². The molecule has 5 nitrogen and oxygen atoms in total. The SMILES string of the molecule is CC(C)(C)c1ccc(CCCCC(=O)NCc2ccnc(-n3ccnc3)c2)cc1. The molecule has 0 atom stereocenters. The molecule has 152 valence electrons. The lowest BCUT2D eigenvalue weighted by atomic mass is 9.86. The Labute approximate surface area is 173 Å². The van der Waals surface area contributed by atoms with Crippen LogP contribution in [0.15, 0.2) is 61.3 Å². The summed E-state index contributed by atoms with van der Waals surface area (Å²) in [5, 5.41) is 3.00. The number of hydrogen-bond acceptors (Lipinski definition) is 3. The largest absolute Gasteiger partial charge is 0.352 e. The number of nitrogens with one attached hydrogen (secondary N) is 1. The molecule has 1 aromatic carbocycles. The summed E-state index contributed by atoms with van der Waals surface area (Å²) in [5.74, 6) is 0.890. The first-order valence-corrected chi connectivity index (χ1v) is 10.2. The van der Waals surface area contributed by atoms with E-state index in [1.54, 1.807) is 18.7 Å². The third kappa shape index (κ3) is 6.28. The number of pyridine rings is 1. The minimum Gasteiger partial charge on any atom is -0.352 e. The Morgan fingerprint density at radius 3 is 2.52 bits per heavy atom. The number of imidazole rings is 1. The zero-order chi connectivity index (χ0) is 20.7. The van der Waals surface area contributed by atoms with Crippen LogP contribution in [0.4, 0.5) is 0 Å². The molecule has 0 aliphatic rings. The summed E-state index contributed by atoms with van der Waals surface area (Å²) in [5.41, 5.74) is 3.90. The van der Waals surface area contributed by atoms with Crippen LogP contribution in [0.2, 0.25) is 0 Å². The zero-order valence-corrected chi connectivity index (χ0v) is 17.6. The first kappa shape index (κ1) is 20.8. The van der Waals surface area contributed by atoms with E-state index in [1.165, 1.54) is 11.1 Å². The summed E-state index contributed by atoms with van der Waals surface area (Å²) in [6.07, 6.45) is 10.5. The third-order valence-corrected chi connectivity index (χ3v) is 5.01. The van der Waals surface area contributed by atoms with Crippen LogP contribution < -0.4 is 5.32 Å². The molecule has 29 heavy (non-hydrogen) atoms. The van der Waals surface area contributed by atoms with E-state index in [0.717, 1.165) is 30.6 Å². The van der Waals surface area contributed by atoms with Gasteiger partial charge in [0.05, 0.1) is 0 Å². The number of carbonyl (C=O) groups is 1. The van der Waals surface area contributed by atoms with Crippen LogP contribution in [0.5, 0.6) is 0 Å². The van der Waals surface area contributed by atoms with Gasteiger partial charge in [-0.1, -0.05) is 45.0 Å². The van der Waals surface area contributed by atoms with E-state index >= 15 is 0 Å². The summed E-state index contributed by atoms with van der Waals surface area (Å²) in [6.45, 7) is 7.19. The molecule has 1 amide bonds. The van der Waals surface area contributed by atoms with Crippen molar-refractivity contribution in [3.8, 4) is 5.82 Å². The summed E-state index contributed by atoms with van der Waals surface area (Å²) < 4.78 is 1.85. The predicted molar refractivity (Wildman–Crippen MR) is 116 cm³/mol. The Morgan fingerprint density at radius 2 is 1.83 bits per heavy atom. The van der Waals surface area contributed by atoms with Gasteiger partial charge >= 0.3 is 0 Å². The van der Waals surface area contributed by atoms with E-state index in [4.69, 9.17) is 0 Å². The van der Waals surface area contributed by atoms with Gasteiger partial charge in [0.1, 0.15) is 12.1 Å². The molecular formula is C24H30N4O. The van der Waals surface area contributed by atoms with Crippen LogP contribution in [0.25, 0.3) is 5.82 Å². The average Bonchev–Trinajstić information content (AvgIpc) is 3.24. The molecule has 0 saturated carbocycles. The molecule has 3 rings (SSSR count). The monoisotopic (exact) mass is 390 g/mol. The van der Waals surface area contributed by atoms with Gasteiger partial charge in [0, 0.05) is 31.6 Å². The van der Waals surface area contributed by atoms with Crippen molar-refractivity contribution in [2.75, 3.05) is 0 Å². The van der Waals surface area contributed by atoms with Crippen LogP contribution in [0, 0.1) is 0 Å². The minimum atomic E-state index is 0.0917. The number of unbranched alkanes of at least 4 members (excludes halogenated alkanes) is 1. The zero-order valence-electron chi connectivity index (χ0n) is 17.6. The highest BCUT2D eigenvalue weighted by Crippen LogP contribution is 2.22. The van der Waals surface area contributed by atoms with E-state index < -0.39 is 0 Å². The molecule has 0 aliphatic heterocycles. The lowest BCUT2D eigenvalue weighted by Gasteiger charge is -2.19. The van der Waals surface area contributed by atoms with Gasteiger partial charge in [-0.2, -0.15) is 0 Å². The van der Waals surface area contributed by atoms with Crippen molar-refractivity contribution in [3.05, 3.63) is 78.0 Å². The molecule has 5 heteroatoms. The van der Waals surface area contributed by atoms with Gasteiger partial charge in [0.25, 0.3) is 0 Å². The fraction of sp³-hybridized carbons (Fsp3) is 0.375. The lowest BCUT2D eigenvalue weighted by Crippen LogP contribution is -2.22. The average molecular weight is 391 g/mol. The summed E-state index contributed by atoms with van der Waals surface area (Å²) in [4.78, 5) is 20.5. The van der Waals surface area contributed by atoms with Crippen molar-refractivity contribution in [1.82, 2.24) is 19.9 Å². The number of carbonyl (C=O) groups excluding carboxylic acids is 1. The maximum absolute atomic E-state index is 12.2. The smallest absolute Gasteiger partial charge is 0.220 e. The van der Waals surface area contributed by atoms with Crippen LogP contribution in [0.1, 0.15) is 56.7 Å². The van der Waals surface area contributed by atoms with E-state index in [0.29, 0.717) is 13.0 Å². The summed E-state index contributed by atoms with van der Waals surface area (Å²) >= 11 is 0. The highest BCUT2D eigenvalue weighted by atomic mass is 16.1. The van der Waals surface area contributed by atoms with Crippen molar-refractivity contribution in [1.29, 1.82) is 0 Å². The number of rotatable bonds is 8. The number of hydrogen-bond donors (Lipinski definition) is 1. The predicted octanol–water partition coefficient (Wildman–Crippen LogP) is 4.59. The van der Waals surface area contributed by atoms with Gasteiger partial charge in [-0.05, 0) is 53.5 Å². The second kappa shape index (κ2) is 9.50. The fourth-order valence-corrected chi connectivity index (χ4v) is 3.18. The van der Waals surface area contributed by atoms with Crippen LogP contribution in [-0.2, 0) is 23.2 Å². The van der Waals surface area contributed by atoms with Crippen molar-refractivity contribution in [3.63, 3.8) is 0 Å². The van der Waals surface area contributed by atoms with Crippen molar-refractivity contribution >= 4 is 5.91 Å². The number of amides is 1. The lowest BCUT2D eigenvalue weighted by molar-refractivity contribution is -0.121. The molecule has 0 fully saturated rings. The molecule has 0 bridgehead atoms. The van der Waals surface area contributed by atoms with Crippen molar-refractivity contribution in [2.45, 2.75) is 58.4 Å².